The van der Waals surface area contributed by atoms with Gasteiger partial charge in [0.1, 0.15) is 5.65 Å². The SMILES string of the molecule is Cc1ccc2ncc(CN(C)C[C@@H]3C[C@@H](O)CN3)n2c1.Cl.Cl. The van der Waals surface area contributed by atoms with Crippen LogP contribution in [0, 0.1) is 6.92 Å². The molecule has 1 aliphatic rings. The number of imidazole rings is 1. The number of hydrogen-bond donors (Lipinski definition) is 2. The number of nitrogens with one attached hydrogen (secondary N) is 1. The molecule has 0 radical (unpaired) electrons. The molecule has 5 nitrogen and oxygen atoms in total. The highest BCUT2D eigenvalue weighted by Crippen LogP contribution is 2.12. The van der Waals surface area contributed by atoms with E-state index in [2.05, 4.69) is 45.8 Å². The number of hydrogen-bond acceptors (Lipinski definition) is 4. The summed E-state index contributed by atoms with van der Waals surface area (Å²) in [5.41, 5.74) is 3.43. The molecule has 0 saturated carbocycles. The lowest BCUT2D eigenvalue weighted by Gasteiger charge is -2.20. The molecule has 3 heterocycles. The second-order valence-electron chi connectivity index (χ2n) is 5.88. The minimum absolute atomic E-state index is 0. The van der Waals surface area contributed by atoms with Crippen molar-refractivity contribution in [3.05, 3.63) is 35.8 Å². The van der Waals surface area contributed by atoms with E-state index in [1.165, 1.54) is 11.3 Å². The lowest BCUT2D eigenvalue weighted by molar-refractivity contribution is 0.189. The molecule has 0 amide bonds. The molecule has 3 rings (SSSR count). The zero-order chi connectivity index (χ0) is 14.1. The first-order valence-electron chi connectivity index (χ1n) is 7.14. The highest BCUT2D eigenvalue weighted by Gasteiger charge is 2.23. The van der Waals surface area contributed by atoms with Gasteiger partial charge in [-0.25, -0.2) is 4.98 Å². The lowest BCUT2D eigenvalue weighted by atomic mass is 10.2. The zero-order valence-corrected chi connectivity index (χ0v) is 14.5. The van der Waals surface area contributed by atoms with E-state index in [1.54, 1.807) is 0 Å². The molecular weight excluding hydrogens is 323 g/mol. The number of aliphatic hydroxyl groups is 1. The fraction of sp³-hybridized carbons (Fsp3) is 0.533. The molecule has 0 unspecified atom stereocenters. The number of β-amino-alcohol motifs (C(OH)–C–C–N with tert-alkyl or cyclic N) is 1. The molecule has 2 aromatic rings. The maximum atomic E-state index is 9.55. The molecule has 22 heavy (non-hydrogen) atoms. The number of fused-ring (bicyclic) bond motifs is 1. The molecule has 0 aromatic carbocycles. The van der Waals surface area contributed by atoms with Gasteiger partial charge in [0.2, 0.25) is 0 Å². The van der Waals surface area contributed by atoms with Crippen LogP contribution in [0.25, 0.3) is 5.65 Å². The highest BCUT2D eigenvalue weighted by atomic mass is 35.5. The number of pyridine rings is 1. The molecule has 7 heteroatoms. The maximum Gasteiger partial charge on any atom is 0.136 e. The Hall–Kier alpha value is -0.850. The van der Waals surface area contributed by atoms with E-state index >= 15 is 0 Å². The molecule has 2 aromatic heterocycles. The summed E-state index contributed by atoms with van der Waals surface area (Å²) >= 11 is 0. The number of halogens is 2. The van der Waals surface area contributed by atoms with Gasteiger partial charge in [0.25, 0.3) is 0 Å². The van der Waals surface area contributed by atoms with E-state index in [1.807, 2.05) is 12.3 Å². The summed E-state index contributed by atoms with van der Waals surface area (Å²) in [6.07, 6.45) is 4.73. The normalized spacial score (nSPS) is 20.9. The van der Waals surface area contributed by atoms with Crippen molar-refractivity contribution in [3.63, 3.8) is 0 Å². The average Bonchev–Trinajstić information content (AvgIpc) is 2.97. The quantitative estimate of drug-likeness (QED) is 0.883. The van der Waals surface area contributed by atoms with Crippen LogP contribution >= 0.6 is 24.8 Å². The number of aliphatic hydroxyl groups excluding tert-OH is 1. The summed E-state index contributed by atoms with van der Waals surface area (Å²) in [7, 11) is 2.11. The third-order valence-corrected chi connectivity index (χ3v) is 3.89. The van der Waals surface area contributed by atoms with Gasteiger partial charge in [0.05, 0.1) is 18.0 Å². The van der Waals surface area contributed by atoms with Crippen LogP contribution in [0.2, 0.25) is 0 Å². The second kappa shape index (κ2) is 8.13. The first kappa shape index (κ1) is 19.2. The number of nitrogens with zero attached hydrogens (tertiary/aromatic N) is 3. The van der Waals surface area contributed by atoms with Gasteiger partial charge in [0.15, 0.2) is 0 Å². The van der Waals surface area contributed by atoms with Gasteiger partial charge in [-0.2, -0.15) is 0 Å². The van der Waals surface area contributed by atoms with Crippen molar-refractivity contribution < 1.29 is 5.11 Å². The molecule has 1 aliphatic heterocycles. The largest absolute Gasteiger partial charge is 0.392 e. The molecule has 1 saturated heterocycles. The molecule has 0 bridgehead atoms. The van der Waals surface area contributed by atoms with Crippen molar-refractivity contribution in [1.29, 1.82) is 0 Å². The van der Waals surface area contributed by atoms with Crippen molar-refractivity contribution >= 4 is 30.5 Å². The van der Waals surface area contributed by atoms with Crippen molar-refractivity contribution in [2.75, 3.05) is 20.1 Å². The lowest BCUT2D eigenvalue weighted by Crippen LogP contribution is -2.35. The minimum atomic E-state index is -0.188. The number of aromatic nitrogens is 2. The molecule has 124 valence electrons. The van der Waals surface area contributed by atoms with Crippen LogP contribution in [-0.4, -0.2) is 51.7 Å². The van der Waals surface area contributed by atoms with Gasteiger partial charge in [-0.1, -0.05) is 6.07 Å². The van der Waals surface area contributed by atoms with E-state index in [4.69, 9.17) is 0 Å². The third-order valence-electron chi connectivity index (χ3n) is 3.89. The van der Waals surface area contributed by atoms with Gasteiger partial charge < -0.3 is 14.8 Å². The Morgan fingerprint density at radius 2 is 2.18 bits per heavy atom. The predicted octanol–water partition coefficient (Wildman–Crippen LogP) is 1.64. The van der Waals surface area contributed by atoms with E-state index < -0.39 is 0 Å². The zero-order valence-electron chi connectivity index (χ0n) is 12.9. The Morgan fingerprint density at radius 3 is 2.86 bits per heavy atom. The minimum Gasteiger partial charge on any atom is -0.392 e. The van der Waals surface area contributed by atoms with E-state index in [9.17, 15) is 5.11 Å². The van der Waals surface area contributed by atoms with Crippen LogP contribution < -0.4 is 5.32 Å². The van der Waals surface area contributed by atoms with Gasteiger partial charge in [-0.3, -0.25) is 4.90 Å². The monoisotopic (exact) mass is 346 g/mol. The first-order valence-corrected chi connectivity index (χ1v) is 7.14. The van der Waals surface area contributed by atoms with E-state index in [0.29, 0.717) is 12.6 Å². The fourth-order valence-corrected chi connectivity index (χ4v) is 2.91. The molecule has 0 spiro atoms. The summed E-state index contributed by atoms with van der Waals surface area (Å²) in [4.78, 5) is 6.72. The number of aryl methyl sites for hydroxylation is 1. The molecule has 2 N–H and O–H groups in total. The molecule has 1 fully saturated rings. The Balaban J connectivity index is 0.00000121. The highest BCUT2D eigenvalue weighted by molar-refractivity contribution is 5.85. The molecular formula is C15H24Cl2N4O. The standard InChI is InChI=1S/C15H22N4O.2ClH/c1-11-3-4-15-17-6-13(19(15)8-11)10-18(2)9-12-5-14(20)7-16-12;;/h3-4,6,8,12,14,16,20H,5,7,9-10H2,1-2H3;2*1H/t12-,14+;;/m0../s1. The van der Waals surface area contributed by atoms with Crippen molar-refractivity contribution in [2.45, 2.75) is 32.0 Å². The van der Waals surface area contributed by atoms with Gasteiger partial charge >= 0.3 is 0 Å². The van der Waals surface area contributed by atoms with Crippen molar-refractivity contribution in [3.8, 4) is 0 Å². The Labute approximate surface area is 143 Å². The summed E-state index contributed by atoms with van der Waals surface area (Å²) < 4.78 is 2.16. The molecule has 0 aliphatic carbocycles. The number of likely N-dealkylation sites (N-methyl/N-ethyl adjacent to an activating group) is 1. The number of rotatable bonds is 4. The van der Waals surface area contributed by atoms with Crippen molar-refractivity contribution in [2.24, 2.45) is 0 Å². The van der Waals surface area contributed by atoms with Gasteiger partial charge in [-0.15, -0.1) is 24.8 Å². The smallest absolute Gasteiger partial charge is 0.136 e. The van der Waals surface area contributed by atoms with Crippen LogP contribution in [0.3, 0.4) is 0 Å². The predicted molar refractivity (Wildman–Crippen MR) is 93.2 cm³/mol. The third kappa shape index (κ3) is 4.33. The Kier molecular flexibility index (Phi) is 7.09. The topological polar surface area (TPSA) is 52.8 Å². The van der Waals surface area contributed by atoms with Crippen molar-refractivity contribution in [1.82, 2.24) is 19.6 Å². The summed E-state index contributed by atoms with van der Waals surface area (Å²) in [5.74, 6) is 0. The van der Waals surface area contributed by atoms with Gasteiger partial charge in [0, 0.05) is 31.9 Å². The van der Waals surface area contributed by atoms with Crippen LogP contribution in [0.1, 0.15) is 17.7 Å². The molecule has 2 atom stereocenters. The van der Waals surface area contributed by atoms with Crippen LogP contribution in [0.15, 0.2) is 24.5 Å². The van der Waals surface area contributed by atoms with E-state index in [0.717, 1.165) is 25.2 Å². The fourth-order valence-electron chi connectivity index (χ4n) is 2.91. The summed E-state index contributed by atoms with van der Waals surface area (Å²) in [6, 6.07) is 4.52. The second-order valence-corrected chi connectivity index (χ2v) is 5.88. The van der Waals surface area contributed by atoms with Gasteiger partial charge in [-0.05, 0) is 32.0 Å². The van der Waals surface area contributed by atoms with Crippen LogP contribution in [-0.2, 0) is 6.54 Å². The Bertz CT molecular complexity index is 604. The Morgan fingerprint density at radius 1 is 1.41 bits per heavy atom. The van der Waals surface area contributed by atoms with Crippen LogP contribution in [0.4, 0.5) is 0 Å². The average molecular weight is 347 g/mol. The van der Waals surface area contributed by atoms with Crippen LogP contribution in [0.5, 0.6) is 0 Å². The summed E-state index contributed by atoms with van der Waals surface area (Å²) in [6.45, 7) is 4.61. The summed E-state index contributed by atoms with van der Waals surface area (Å²) in [5, 5.41) is 12.9. The maximum absolute atomic E-state index is 9.55. The first-order chi connectivity index (χ1) is 9.61. The van der Waals surface area contributed by atoms with E-state index in [-0.39, 0.29) is 30.9 Å².